The minimum absolute atomic E-state index is 0.0479. The Labute approximate surface area is 182 Å². The van der Waals surface area contributed by atoms with Gasteiger partial charge in [-0.3, -0.25) is 9.89 Å². The van der Waals surface area contributed by atoms with E-state index in [0.717, 1.165) is 52.3 Å². The molecule has 0 amide bonds. The first-order valence-electron chi connectivity index (χ1n) is 10.6. The molecule has 0 spiro atoms. The summed E-state index contributed by atoms with van der Waals surface area (Å²) in [6.07, 6.45) is 2.90. The van der Waals surface area contributed by atoms with Crippen molar-refractivity contribution in [2.24, 2.45) is 5.92 Å². The first kappa shape index (κ1) is 20.6. The van der Waals surface area contributed by atoms with Crippen LogP contribution in [0.5, 0.6) is 0 Å². The van der Waals surface area contributed by atoms with Crippen LogP contribution >= 0.6 is 0 Å². The Morgan fingerprint density at radius 1 is 1.06 bits per heavy atom. The second-order valence-corrected chi connectivity index (χ2v) is 8.13. The number of Topliss-reactive ketones (excluding diaryl/α,β-unsaturated/α-hetero) is 1. The van der Waals surface area contributed by atoms with Gasteiger partial charge in [0.05, 0.1) is 5.52 Å². The number of benzene rings is 2. The van der Waals surface area contributed by atoms with Gasteiger partial charge in [-0.15, -0.1) is 0 Å². The van der Waals surface area contributed by atoms with Crippen molar-refractivity contribution >= 4 is 33.9 Å². The number of nitrogens with one attached hydrogen (secondary N) is 3. The van der Waals surface area contributed by atoms with Crippen LogP contribution in [-0.4, -0.2) is 27.5 Å². The Hall–Kier alpha value is -3.67. The molecule has 3 N–H and O–H groups in total. The molecule has 0 atom stereocenters. The lowest BCUT2D eigenvalue weighted by atomic mass is 10.1. The van der Waals surface area contributed by atoms with Crippen LogP contribution in [0, 0.1) is 5.92 Å². The Morgan fingerprint density at radius 3 is 2.71 bits per heavy atom. The topological polar surface area (TPSA) is 82.7 Å². The molecule has 6 nitrogen and oxygen atoms in total. The van der Waals surface area contributed by atoms with E-state index >= 15 is 0 Å². The average molecular weight is 414 g/mol. The van der Waals surface area contributed by atoms with Crippen molar-refractivity contribution in [3.05, 3.63) is 66.4 Å². The number of hydrogen-bond acceptors (Lipinski definition) is 5. The number of rotatable bonds is 8. The SMILES string of the molecule is CC(=O)c1cccc(Nc2ccc3[nH]nc(-c4ccnc(NCCC(C)C)c4)c3c2)c1. The van der Waals surface area contributed by atoms with Gasteiger partial charge < -0.3 is 10.6 Å². The first-order valence-corrected chi connectivity index (χ1v) is 10.6. The Morgan fingerprint density at radius 2 is 1.90 bits per heavy atom. The number of aromatic nitrogens is 3. The summed E-state index contributed by atoms with van der Waals surface area (Å²) < 4.78 is 0. The third kappa shape index (κ3) is 4.91. The van der Waals surface area contributed by atoms with Crippen LogP contribution in [0.2, 0.25) is 0 Å². The lowest BCUT2D eigenvalue weighted by Gasteiger charge is -2.09. The fraction of sp³-hybridized carbons (Fsp3) is 0.240. The highest BCUT2D eigenvalue weighted by atomic mass is 16.1. The number of H-pyrrole nitrogens is 1. The smallest absolute Gasteiger partial charge is 0.159 e. The Kier molecular flexibility index (Phi) is 5.98. The zero-order valence-corrected chi connectivity index (χ0v) is 18.1. The van der Waals surface area contributed by atoms with Gasteiger partial charge in [0.2, 0.25) is 0 Å². The van der Waals surface area contributed by atoms with Gasteiger partial charge in [-0.1, -0.05) is 26.0 Å². The number of anilines is 3. The fourth-order valence-electron chi connectivity index (χ4n) is 3.46. The summed E-state index contributed by atoms with van der Waals surface area (Å²) in [5.41, 5.74) is 5.33. The predicted octanol–water partition coefficient (Wildman–Crippen LogP) is 6.03. The molecule has 0 radical (unpaired) electrons. The molecule has 2 heterocycles. The second kappa shape index (κ2) is 9.00. The van der Waals surface area contributed by atoms with Gasteiger partial charge in [0.15, 0.2) is 5.78 Å². The van der Waals surface area contributed by atoms with Gasteiger partial charge in [0.25, 0.3) is 0 Å². The van der Waals surface area contributed by atoms with Crippen LogP contribution in [0.4, 0.5) is 17.2 Å². The highest BCUT2D eigenvalue weighted by molar-refractivity contribution is 5.96. The van der Waals surface area contributed by atoms with Gasteiger partial charge in [-0.2, -0.15) is 5.10 Å². The first-order chi connectivity index (χ1) is 15.0. The number of carbonyl (C=O) groups excluding carboxylic acids is 1. The Bertz CT molecular complexity index is 1210. The van der Waals surface area contributed by atoms with Crippen molar-refractivity contribution in [1.82, 2.24) is 15.2 Å². The van der Waals surface area contributed by atoms with Crippen molar-refractivity contribution < 1.29 is 4.79 Å². The van der Waals surface area contributed by atoms with Crippen molar-refractivity contribution in [1.29, 1.82) is 0 Å². The van der Waals surface area contributed by atoms with E-state index in [4.69, 9.17) is 0 Å². The van der Waals surface area contributed by atoms with Gasteiger partial charge >= 0.3 is 0 Å². The van der Waals surface area contributed by atoms with Gasteiger partial charge in [-0.05, 0) is 61.7 Å². The molecule has 4 aromatic rings. The number of aromatic amines is 1. The lowest BCUT2D eigenvalue weighted by Crippen LogP contribution is -2.06. The van der Waals surface area contributed by atoms with Crippen LogP contribution in [0.3, 0.4) is 0 Å². The molecule has 2 aromatic heterocycles. The predicted molar refractivity (Wildman–Crippen MR) is 127 cm³/mol. The standard InChI is InChI=1S/C25H27N5O/c1-16(2)9-11-26-24-14-19(10-12-27-24)25-22-15-21(7-8-23(22)29-30-25)28-20-6-4-5-18(13-20)17(3)31/h4-8,10,12-16,28H,9,11H2,1-3H3,(H,26,27)(H,29,30). The molecule has 0 saturated heterocycles. The van der Waals surface area contributed by atoms with E-state index in [-0.39, 0.29) is 5.78 Å². The normalized spacial score (nSPS) is 11.1. The summed E-state index contributed by atoms with van der Waals surface area (Å²) in [5, 5.41) is 15.5. The summed E-state index contributed by atoms with van der Waals surface area (Å²) in [5.74, 6) is 1.55. The number of ketones is 1. The maximum atomic E-state index is 11.7. The molecule has 2 aromatic carbocycles. The van der Waals surface area contributed by atoms with Gasteiger partial charge in [0.1, 0.15) is 11.5 Å². The number of fused-ring (bicyclic) bond motifs is 1. The van der Waals surface area contributed by atoms with E-state index < -0.39 is 0 Å². The van der Waals surface area contributed by atoms with E-state index in [1.807, 2.05) is 54.7 Å². The maximum Gasteiger partial charge on any atom is 0.159 e. The Balaban J connectivity index is 1.60. The molecule has 0 bridgehead atoms. The van der Waals surface area contributed by atoms with E-state index in [9.17, 15) is 4.79 Å². The third-order valence-electron chi connectivity index (χ3n) is 5.18. The number of nitrogens with zero attached hydrogens (tertiary/aromatic N) is 2. The van der Waals surface area contributed by atoms with Crippen LogP contribution in [0.1, 0.15) is 37.6 Å². The molecule has 0 saturated carbocycles. The molecule has 0 aliphatic carbocycles. The molecular formula is C25H27N5O. The molecule has 4 rings (SSSR count). The second-order valence-electron chi connectivity index (χ2n) is 8.13. The van der Waals surface area contributed by atoms with Crippen LogP contribution in [0.15, 0.2) is 60.8 Å². The van der Waals surface area contributed by atoms with Gasteiger partial charge in [-0.25, -0.2) is 4.98 Å². The summed E-state index contributed by atoms with van der Waals surface area (Å²) in [6.45, 7) is 6.89. The van der Waals surface area contributed by atoms with Gasteiger partial charge in [0, 0.05) is 40.6 Å². The molecule has 0 aliphatic heterocycles. The van der Waals surface area contributed by atoms with Crippen molar-refractivity contribution in [2.45, 2.75) is 27.2 Å². The third-order valence-corrected chi connectivity index (χ3v) is 5.18. The van der Waals surface area contributed by atoms with Crippen LogP contribution in [-0.2, 0) is 0 Å². The zero-order valence-electron chi connectivity index (χ0n) is 18.1. The molecule has 158 valence electrons. The molecular weight excluding hydrogens is 386 g/mol. The monoisotopic (exact) mass is 413 g/mol. The summed E-state index contributed by atoms with van der Waals surface area (Å²) in [6, 6.07) is 17.6. The molecule has 0 fully saturated rings. The molecule has 0 aliphatic rings. The minimum Gasteiger partial charge on any atom is -0.370 e. The van der Waals surface area contributed by atoms with E-state index in [1.54, 1.807) is 6.92 Å². The highest BCUT2D eigenvalue weighted by Crippen LogP contribution is 2.30. The average Bonchev–Trinajstić information content (AvgIpc) is 3.17. The highest BCUT2D eigenvalue weighted by Gasteiger charge is 2.11. The largest absolute Gasteiger partial charge is 0.370 e. The minimum atomic E-state index is 0.0479. The molecule has 31 heavy (non-hydrogen) atoms. The molecule has 6 heteroatoms. The van der Waals surface area contributed by atoms with Crippen LogP contribution < -0.4 is 10.6 Å². The maximum absolute atomic E-state index is 11.7. The van der Waals surface area contributed by atoms with E-state index in [0.29, 0.717) is 11.5 Å². The lowest BCUT2D eigenvalue weighted by molar-refractivity contribution is 0.101. The zero-order chi connectivity index (χ0) is 21.8. The van der Waals surface area contributed by atoms with E-state index in [2.05, 4.69) is 45.7 Å². The quantitative estimate of drug-likeness (QED) is 0.307. The summed E-state index contributed by atoms with van der Waals surface area (Å²) >= 11 is 0. The van der Waals surface area contributed by atoms with Crippen molar-refractivity contribution in [3.63, 3.8) is 0 Å². The van der Waals surface area contributed by atoms with Crippen molar-refractivity contribution in [2.75, 3.05) is 17.2 Å². The molecule has 0 unspecified atom stereocenters. The van der Waals surface area contributed by atoms with Crippen LogP contribution in [0.25, 0.3) is 22.2 Å². The fourth-order valence-corrected chi connectivity index (χ4v) is 3.46. The number of hydrogen-bond donors (Lipinski definition) is 3. The van der Waals surface area contributed by atoms with Crippen molar-refractivity contribution in [3.8, 4) is 11.3 Å². The van der Waals surface area contributed by atoms with E-state index in [1.165, 1.54) is 0 Å². The number of pyridine rings is 1. The summed E-state index contributed by atoms with van der Waals surface area (Å²) in [4.78, 5) is 16.1. The summed E-state index contributed by atoms with van der Waals surface area (Å²) in [7, 11) is 0. The number of carbonyl (C=O) groups is 1.